The number of methoxy groups -OCH3 is 2. The summed E-state index contributed by atoms with van der Waals surface area (Å²) in [5, 5.41) is 5.86. The molecule has 1 aliphatic heterocycles. The van der Waals surface area contributed by atoms with E-state index in [9.17, 15) is 0 Å². The van der Waals surface area contributed by atoms with Crippen LogP contribution in [0, 0.1) is 48.5 Å². The summed E-state index contributed by atoms with van der Waals surface area (Å²) in [5.74, 6) is 1.30. The highest BCUT2D eigenvalue weighted by Crippen LogP contribution is 2.46. The summed E-state index contributed by atoms with van der Waals surface area (Å²) >= 11 is 0. The van der Waals surface area contributed by atoms with Crippen LogP contribution in [0.15, 0.2) is 59.4 Å². The van der Waals surface area contributed by atoms with Gasteiger partial charge in [-0.2, -0.15) is 0 Å². The van der Waals surface area contributed by atoms with Crippen molar-refractivity contribution in [2.75, 3.05) is 33.7 Å². The van der Waals surface area contributed by atoms with Gasteiger partial charge in [0, 0.05) is 6.16 Å². The highest BCUT2D eigenvalue weighted by Gasteiger charge is 2.36. The Morgan fingerprint density at radius 2 is 1.17 bits per heavy atom. The van der Waals surface area contributed by atoms with Crippen LogP contribution in [-0.4, -0.2) is 45.5 Å². The van der Waals surface area contributed by atoms with Crippen molar-refractivity contribution >= 4 is 31.8 Å². The molecule has 3 aromatic rings. The summed E-state index contributed by atoms with van der Waals surface area (Å²) < 4.78 is 23.1. The van der Waals surface area contributed by atoms with E-state index in [2.05, 4.69) is 124 Å². The van der Waals surface area contributed by atoms with Gasteiger partial charge in [0.2, 0.25) is 0 Å². The molecule has 0 spiro atoms. The quantitative estimate of drug-likeness (QED) is 0.167. The van der Waals surface area contributed by atoms with E-state index >= 15 is 0 Å². The third-order valence-electron chi connectivity index (χ3n) is 8.84. The number of hydrogen-bond donors (Lipinski definition) is 0. The average molecular weight is 677 g/mol. The second-order valence-electron chi connectivity index (χ2n) is 13.2. The van der Waals surface area contributed by atoms with Gasteiger partial charge in [0.05, 0.1) is 26.9 Å². The standard InChI is InChI=1S/C24H33O4P.C17H25P/c1-15-9-19(25-7)10-16(2)22(15)29(14-21-13-27-24(5,6)28-21)23-17(3)11-20(26-8)12-18(23)4;1-8-13(4)16(9-2)18(7)17-14(5)10-12(3)11-15(17)6/h9-12,21H,13-14H2,1-8H3;8-11H,1-7H3/b;13-8-,16-9-. The van der Waals surface area contributed by atoms with Crippen molar-refractivity contribution in [1.82, 2.24) is 0 Å². The number of aryl methyl sites for hydroxylation is 7. The molecule has 6 heteroatoms. The Bertz CT molecular complexity index is 1490. The fourth-order valence-corrected chi connectivity index (χ4v) is 12.5. The molecule has 0 N–H and O–H groups in total. The van der Waals surface area contributed by atoms with Gasteiger partial charge >= 0.3 is 0 Å². The Kier molecular flexibility index (Phi) is 13.9. The molecule has 2 atom stereocenters. The summed E-state index contributed by atoms with van der Waals surface area (Å²) in [6.45, 7) is 28.9. The predicted molar refractivity (Wildman–Crippen MR) is 207 cm³/mol. The molecule has 3 aromatic carbocycles. The van der Waals surface area contributed by atoms with Crippen LogP contribution in [0.25, 0.3) is 0 Å². The topological polar surface area (TPSA) is 36.9 Å². The molecule has 4 nitrogen and oxygen atoms in total. The summed E-state index contributed by atoms with van der Waals surface area (Å²) in [6.07, 6.45) is 5.51. The zero-order valence-electron chi connectivity index (χ0n) is 31.6. The molecule has 0 saturated carbocycles. The molecule has 47 heavy (non-hydrogen) atoms. The number of hydrogen-bond acceptors (Lipinski definition) is 4. The normalized spacial score (nSPS) is 17.0. The Balaban J connectivity index is 0.000000287. The average Bonchev–Trinajstić information content (AvgIpc) is 3.33. The predicted octanol–water partition coefficient (Wildman–Crippen LogP) is 9.74. The Hall–Kier alpha value is -2.48. The minimum absolute atomic E-state index is 0.0814. The van der Waals surface area contributed by atoms with Gasteiger partial charge in [-0.15, -0.1) is 0 Å². The summed E-state index contributed by atoms with van der Waals surface area (Å²) in [6, 6.07) is 13.2. The van der Waals surface area contributed by atoms with Gasteiger partial charge in [-0.05, 0) is 190 Å². The summed E-state index contributed by atoms with van der Waals surface area (Å²) in [4.78, 5) is 0. The van der Waals surface area contributed by atoms with Crippen LogP contribution in [0.4, 0.5) is 0 Å². The minimum atomic E-state index is -0.638. The van der Waals surface area contributed by atoms with Gasteiger partial charge in [-0.25, -0.2) is 0 Å². The molecule has 0 bridgehead atoms. The first-order valence-electron chi connectivity index (χ1n) is 16.6. The largest absolute Gasteiger partial charge is 0.497 e. The first-order valence-corrected chi connectivity index (χ1v) is 19.9. The molecule has 1 saturated heterocycles. The van der Waals surface area contributed by atoms with Crippen molar-refractivity contribution in [3.8, 4) is 11.5 Å². The number of ether oxygens (including phenoxy) is 4. The number of rotatable bonds is 9. The fraction of sp³-hybridized carbons (Fsp3) is 0.463. The maximum atomic E-state index is 6.22. The van der Waals surface area contributed by atoms with E-state index in [-0.39, 0.29) is 14.0 Å². The number of allylic oxidation sites excluding steroid dienone is 4. The van der Waals surface area contributed by atoms with E-state index in [1.54, 1.807) is 19.5 Å². The van der Waals surface area contributed by atoms with Crippen molar-refractivity contribution in [2.24, 2.45) is 0 Å². The van der Waals surface area contributed by atoms with Gasteiger partial charge in [-0.3, -0.25) is 0 Å². The van der Waals surface area contributed by atoms with Crippen molar-refractivity contribution in [1.29, 1.82) is 0 Å². The highest BCUT2D eigenvalue weighted by atomic mass is 31.1. The van der Waals surface area contributed by atoms with Crippen LogP contribution in [0.3, 0.4) is 0 Å². The van der Waals surface area contributed by atoms with E-state index < -0.39 is 13.7 Å². The molecule has 2 unspecified atom stereocenters. The van der Waals surface area contributed by atoms with Crippen LogP contribution in [-0.2, 0) is 9.47 Å². The van der Waals surface area contributed by atoms with E-state index in [1.807, 2.05) is 13.8 Å². The van der Waals surface area contributed by atoms with Crippen molar-refractivity contribution in [2.45, 2.75) is 95.0 Å². The van der Waals surface area contributed by atoms with Crippen LogP contribution < -0.4 is 25.4 Å². The maximum Gasteiger partial charge on any atom is 0.163 e. The fourth-order valence-electron chi connectivity index (χ4n) is 6.93. The zero-order chi connectivity index (χ0) is 35.2. The lowest BCUT2D eigenvalue weighted by molar-refractivity contribution is -0.135. The summed E-state index contributed by atoms with van der Waals surface area (Å²) in [7, 11) is 2.56. The highest BCUT2D eigenvalue weighted by molar-refractivity contribution is 7.73. The lowest BCUT2D eigenvalue weighted by Crippen LogP contribution is -2.29. The Labute approximate surface area is 288 Å². The molecular formula is C41H58O4P2. The third kappa shape index (κ3) is 9.57. The Morgan fingerprint density at radius 1 is 0.745 bits per heavy atom. The van der Waals surface area contributed by atoms with Crippen LogP contribution in [0.1, 0.15) is 73.6 Å². The molecule has 1 aliphatic rings. The molecular weight excluding hydrogens is 618 g/mol. The maximum absolute atomic E-state index is 6.22. The lowest BCUT2D eigenvalue weighted by atomic mass is 10.1. The van der Waals surface area contributed by atoms with Gasteiger partial charge in [0.15, 0.2) is 5.79 Å². The van der Waals surface area contributed by atoms with Crippen LogP contribution in [0.5, 0.6) is 11.5 Å². The third-order valence-corrected chi connectivity index (χ3v) is 14.8. The molecule has 256 valence electrons. The second kappa shape index (κ2) is 16.8. The molecule has 4 rings (SSSR count). The van der Waals surface area contributed by atoms with Crippen LogP contribution in [0.2, 0.25) is 0 Å². The molecule has 0 radical (unpaired) electrons. The molecule has 1 heterocycles. The van der Waals surface area contributed by atoms with Gasteiger partial charge in [0.1, 0.15) is 11.5 Å². The van der Waals surface area contributed by atoms with E-state index in [0.717, 1.165) is 17.7 Å². The van der Waals surface area contributed by atoms with Crippen molar-refractivity contribution in [3.63, 3.8) is 0 Å². The molecule has 0 amide bonds. The van der Waals surface area contributed by atoms with Gasteiger partial charge in [-0.1, -0.05) is 29.8 Å². The lowest BCUT2D eigenvalue weighted by Gasteiger charge is -2.29. The first-order chi connectivity index (χ1) is 22.1. The molecule has 0 aromatic heterocycles. The molecule has 1 fully saturated rings. The van der Waals surface area contributed by atoms with Crippen LogP contribution >= 0.6 is 15.8 Å². The number of benzene rings is 3. The van der Waals surface area contributed by atoms with Gasteiger partial charge in [0.25, 0.3) is 0 Å². The smallest absolute Gasteiger partial charge is 0.163 e. The van der Waals surface area contributed by atoms with Crippen molar-refractivity contribution in [3.05, 3.63) is 98.4 Å². The van der Waals surface area contributed by atoms with E-state index in [4.69, 9.17) is 18.9 Å². The minimum Gasteiger partial charge on any atom is -0.497 e. The SMILES string of the molecule is C/C=C(C)\C(=C\C)P(C)c1c(C)cc(C)cc1C.COc1cc(C)c(P(CC2COC(C)(C)O2)c2c(C)cc(OC)cc2C)c(C)c1. The molecule has 0 aliphatic carbocycles. The van der Waals surface area contributed by atoms with E-state index in [0.29, 0.717) is 6.61 Å². The summed E-state index contributed by atoms with van der Waals surface area (Å²) in [5.41, 5.74) is 10.7. The van der Waals surface area contributed by atoms with Crippen molar-refractivity contribution < 1.29 is 18.9 Å². The monoisotopic (exact) mass is 676 g/mol. The zero-order valence-corrected chi connectivity index (χ0v) is 33.4. The second-order valence-corrected chi connectivity index (χ2v) is 17.4. The first kappa shape index (κ1) is 39.0. The Morgan fingerprint density at radius 3 is 1.51 bits per heavy atom. The van der Waals surface area contributed by atoms with E-state index in [1.165, 1.54) is 60.4 Å². The van der Waals surface area contributed by atoms with Gasteiger partial charge < -0.3 is 18.9 Å².